The highest BCUT2D eigenvalue weighted by Crippen LogP contribution is 2.36. The van der Waals surface area contributed by atoms with E-state index in [-0.39, 0.29) is 5.91 Å². The van der Waals surface area contributed by atoms with Gasteiger partial charge in [0.25, 0.3) is 5.91 Å². The predicted molar refractivity (Wildman–Crippen MR) is 117 cm³/mol. The molecule has 1 aliphatic rings. The number of benzene rings is 1. The molecule has 2 N–H and O–H groups in total. The van der Waals surface area contributed by atoms with Crippen molar-refractivity contribution in [2.75, 3.05) is 18.5 Å². The van der Waals surface area contributed by atoms with Crippen molar-refractivity contribution in [2.45, 2.75) is 46.1 Å². The molecule has 1 aromatic carbocycles. The van der Waals surface area contributed by atoms with Gasteiger partial charge in [0.1, 0.15) is 30.5 Å². The molecule has 3 aromatic rings. The Morgan fingerprint density at radius 1 is 1.19 bits per heavy atom. The van der Waals surface area contributed by atoms with E-state index in [1.165, 1.54) is 19.1 Å². The third-order valence-electron chi connectivity index (χ3n) is 5.58. The molecule has 0 spiro atoms. The monoisotopic (exact) mass is 421 g/mol. The topological polar surface area (TPSA) is 102 Å². The Balaban J connectivity index is 1.64. The first-order chi connectivity index (χ1) is 15.0. The van der Waals surface area contributed by atoms with Gasteiger partial charge < -0.3 is 19.9 Å². The lowest BCUT2D eigenvalue weighted by Crippen LogP contribution is -2.38. The van der Waals surface area contributed by atoms with Gasteiger partial charge in [0.15, 0.2) is 0 Å². The minimum Gasteiger partial charge on any atom is -0.491 e. The summed E-state index contributed by atoms with van der Waals surface area (Å²) in [6, 6.07) is 5.97. The zero-order valence-corrected chi connectivity index (χ0v) is 18.1. The van der Waals surface area contributed by atoms with Gasteiger partial charge in [-0.05, 0) is 58.4 Å². The number of anilines is 1. The van der Waals surface area contributed by atoms with Crippen molar-refractivity contribution in [3.63, 3.8) is 0 Å². The van der Waals surface area contributed by atoms with E-state index in [2.05, 4.69) is 25.8 Å². The van der Waals surface area contributed by atoms with Crippen LogP contribution in [0.3, 0.4) is 0 Å². The second kappa shape index (κ2) is 9.26. The van der Waals surface area contributed by atoms with Gasteiger partial charge >= 0.3 is 0 Å². The molecule has 0 bridgehead atoms. The summed E-state index contributed by atoms with van der Waals surface area (Å²) in [5.41, 5.74) is 5.06. The van der Waals surface area contributed by atoms with Gasteiger partial charge in [-0.15, -0.1) is 0 Å². The van der Waals surface area contributed by atoms with E-state index in [1.807, 2.05) is 32.0 Å². The molecule has 1 aliphatic heterocycles. The van der Waals surface area contributed by atoms with Crippen LogP contribution in [0.4, 0.5) is 5.69 Å². The molecule has 0 unspecified atom stereocenters. The van der Waals surface area contributed by atoms with E-state index in [0.717, 1.165) is 41.2 Å². The zero-order valence-electron chi connectivity index (χ0n) is 18.1. The summed E-state index contributed by atoms with van der Waals surface area (Å²) in [6.45, 7) is 7.24. The molecule has 1 amide bonds. The van der Waals surface area contributed by atoms with E-state index in [9.17, 15) is 4.79 Å². The van der Waals surface area contributed by atoms with Crippen LogP contribution in [-0.2, 0) is 0 Å². The predicted octanol–water partition coefficient (Wildman–Crippen LogP) is 3.83. The number of nitrogens with zero attached hydrogens (tertiary/aromatic N) is 3. The Labute approximate surface area is 181 Å². The number of aryl methyl sites for hydroxylation is 3. The van der Waals surface area contributed by atoms with Gasteiger partial charge in [-0.25, -0.2) is 9.97 Å². The average molecular weight is 422 g/mol. The Hall–Kier alpha value is -3.26. The lowest BCUT2D eigenvalue weighted by molar-refractivity contribution is 0.102. The third kappa shape index (κ3) is 4.74. The summed E-state index contributed by atoms with van der Waals surface area (Å²) in [7, 11) is 0. The number of hydrogen-bond acceptors (Lipinski definition) is 7. The Morgan fingerprint density at radius 3 is 2.68 bits per heavy atom. The largest absolute Gasteiger partial charge is 0.491 e. The standard InChI is InChI=1S/C23H27N5O3/c1-14-20(12-31-28-14)23(29)27-17-7-8-21(30-11-18-6-4-5-9-24-18)19(10-17)22-15(2)25-13-26-16(22)3/h7-8,10,12-13,18,24H,4-6,9,11H2,1-3H3,(H,27,29)/t18-/m1/s1. The first-order valence-electron chi connectivity index (χ1n) is 10.5. The fourth-order valence-corrected chi connectivity index (χ4v) is 3.88. The molecule has 0 aliphatic carbocycles. The van der Waals surface area contributed by atoms with Crippen LogP contribution in [0, 0.1) is 20.8 Å². The van der Waals surface area contributed by atoms with Crippen LogP contribution in [0.1, 0.15) is 46.7 Å². The fourth-order valence-electron chi connectivity index (χ4n) is 3.88. The van der Waals surface area contributed by atoms with E-state index < -0.39 is 0 Å². The SMILES string of the molecule is Cc1nocc1C(=O)Nc1ccc(OC[C@H]2CCCCN2)c(-c2c(C)ncnc2C)c1. The number of carbonyl (C=O) groups excluding carboxylic acids is 1. The number of nitrogens with one attached hydrogen (secondary N) is 2. The van der Waals surface area contributed by atoms with Crippen LogP contribution in [0.2, 0.25) is 0 Å². The number of ether oxygens (including phenoxy) is 1. The highest BCUT2D eigenvalue weighted by molar-refractivity contribution is 6.05. The van der Waals surface area contributed by atoms with Gasteiger partial charge in [-0.1, -0.05) is 11.6 Å². The van der Waals surface area contributed by atoms with Crippen LogP contribution < -0.4 is 15.4 Å². The number of aromatic nitrogens is 3. The van der Waals surface area contributed by atoms with E-state index >= 15 is 0 Å². The minimum absolute atomic E-state index is 0.275. The van der Waals surface area contributed by atoms with E-state index in [4.69, 9.17) is 9.26 Å². The van der Waals surface area contributed by atoms with E-state index in [0.29, 0.717) is 29.6 Å². The second-order valence-corrected chi connectivity index (χ2v) is 7.86. The lowest BCUT2D eigenvalue weighted by atomic mass is 10.0. The van der Waals surface area contributed by atoms with Crippen molar-refractivity contribution in [2.24, 2.45) is 0 Å². The normalized spacial score (nSPS) is 16.2. The number of hydrogen-bond donors (Lipinski definition) is 2. The van der Waals surface area contributed by atoms with E-state index in [1.54, 1.807) is 13.3 Å². The first kappa shape index (κ1) is 21.0. The molecule has 8 heteroatoms. The van der Waals surface area contributed by atoms with Crippen molar-refractivity contribution in [3.05, 3.63) is 53.4 Å². The molecule has 0 radical (unpaired) electrons. The highest BCUT2D eigenvalue weighted by atomic mass is 16.5. The quantitative estimate of drug-likeness (QED) is 0.623. The molecular weight excluding hydrogens is 394 g/mol. The third-order valence-corrected chi connectivity index (χ3v) is 5.58. The van der Waals surface area contributed by atoms with Crippen LogP contribution in [0.5, 0.6) is 5.75 Å². The van der Waals surface area contributed by atoms with Gasteiger partial charge in [0.2, 0.25) is 0 Å². The molecule has 1 saturated heterocycles. The number of carbonyl (C=O) groups is 1. The highest BCUT2D eigenvalue weighted by Gasteiger charge is 2.19. The average Bonchev–Trinajstić information content (AvgIpc) is 3.20. The molecular formula is C23H27N5O3. The molecule has 8 nitrogen and oxygen atoms in total. The maximum absolute atomic E-state index is 12.6. The van der Waals surface area contributed by atoms with Crippen LogP contribution >= 0.6 is 0 Å². The molecule has 3 heterocycles. The Morgan fingerprint density at radius 2 is 2.00 bits per heavy atom. The Bertz CT molecular complexity index is 1050. The van der Waals surface area contributed by atoms with Gasteiger partial charge in [0, 0.05) is 34.2 Å². The molecule has 1 fully saturated rings. The van der Waals surface area contributed by atoms with Crippen LogP contribution in [0.15, 0.2) is 35.3 Å². The van der Waals surface area contributed by atoms with Crippen molar-refractivity contribution in [1.29, 1.82) is 0 Å². The summed E-state index contributed by atoms with van der Waals surface area (Å²) in [5.74, 6) is 0.468. The van der Waals surface area contributed by atoms with Crippen molar-refractivity contribution in [1.82, 2.24) is 20.4 Å². The molecule has 162 valence electrons. The van der Waals surface area contributed by atoms with Crippen molar-refractivity contribution < 1.29 is 14.1 Å². The summed E-state index contributed by atoms with van der Waals surface area (Å²) in [4.78, 5) is 21.3. The van der Waals surface area contributed by atoms with Crippen molar-refractivity contribution in [3.8, 4) is 16.9 Å². The summed E-state index contributed by atoms with van der Waals surface area (Å²) in [5, 5.41) is 10.2. The molecule has 2 aromatic heterocycles. The summed E-state index contributed by atoms with van der Waals surface area (Å²) in [6.07, 6.45) is 6.43. The molecule has 4 rings (SSSR count). The molecule has 31 heavy (non-hydrogen) atoms. The lowest BCUT2D eigenvalue weighted by Gasteiger charge is -2.24. The van der Waals surface area contributed by atoms with Gasteiger partial charge in [-0.2, -0.15) is 0 Å². The number of amides is 1. The smallest absolute Gasteiger partial charge is 0.260 e. The van der Waals surface area contributed by atoms with Gasteiger partial charge in [0.05, 0.1) is 5.69 Å². The maximum Gasteiger partial charge on any atom is 0.260 e. The zero-order chi connectivity index (χ0) is 21.8. The summed E-state index contributed by atoms with van der Waals surface area (Å²) < 4.78 is 11.1. The molecule has 1 atom stereocenters. The number of rotatable bonds is 6. The first-order valence-corrected chi connectivity index (χ1v) is 10.5. The Kier molecular flexibility index (Phi) is 6.27. The fraction of sp³-hybridized carbons (Fsp3) is 0.391. The second-order valence-electron chi connectivity index (χ2n) is 7.86. The number of piperidine rings is 1. The van der Waals surface area contributed by atoms with Gasteiger partial charge in [-0.3, -0.25) is 4.79 Å². The maximum atomic E-state index is 12.6. The van der Waals surface area contributed by atoms with Crippen LogP contribution in [-0.4, -0.2) is 40.2 Å². The van der Waals surface area contributed by atoms with Crippen molar-refractivity contribution >= 4 is 11.6 Å². The summed E-state index contributed by atoms with van der Waals surface area (Å²) >= 11 is 0. The molecule has 0 saturated carbocycles. The van der Waals surface area contributed by atoms with Crippen LogP contribution in [0.25, 0.3) is 11.1 Å². The minimum atomic E-state index is -0.275.